The maximum atomic E-state index is 12.5. The predicted molar refractivity (Wildman–Crippen MR) is 97.0 cm³/mol. The van der Waals surface area contributed by atoms with Gasteiger partial charge in [0.05, 0.1) is 18.9 Å². The number of aliphatic carboxylic acids is 2. The number of carbonyl (C=O) groups excluding carboxylic acids is 5. The van der Waals surface area contributed by atoms with E-state index in [0.29, 0.717) is 0 Å². The number of carboxylic acid groups (broad SMARTS) is 2. The Balaban J connectivity index is 5.34. The van der Waals surface area contributed by atoms with Gasteiger partial charge >= 0.3 is 11.9 Å². The van der Waals surface area contributed by atoms with Crippen LogP contribution in [0.3, 0.4) is 0 Å². The van der Waals surface area contributed by atoms with Crippen LogP contribution in [0.25, 0.3) is 0 Å². The van der Waals surface area contributed by atoms with Gasteiger partial charge in [-0.2, -0.15) is 0 Å². The van der Waals surface area contributed by atoms with Gasteiger partial charge < -0.3 is 43.4 Å². The summed E-state index contributed by atoms with van der Waals surface area (Å²) >= 11 is 0. The molecular weight excluding hydrogens is 408 g/mol. The van der Waals surface area contributed by atoms with Gasteiger partial charge in [-0.1, -0.05) is 0 Å². The van der Waals surface area contributed by atoms with E-state index in [-0.39, 0.29) is 12.8 Å². The van der Waals surface area contributed by atoms with E-state index in [2.05, 4.69) is 10.6 Å². The summed E-state index contributed by atoms with van der Waals surface area (Å²) in [5.41, 5.74) is 15.4. The second-order valence-electron chi connectivity index (χ2n) is 6.11. The van der Waals surface area contributed by atoms with E-state index in [9.17, 15) is 33.6 Å². The molecule has 0 spiro atoms. The smallest absolute Gasteiger partial charge is 0.322 e. The summed E-state index contributed by atoms with van der Waals surface area (Å²) in [5.74, 6) is -7.66. The average Bonchev–Trinajstić information content (AvgIpc) is 2.60. The Morgan fingerprint density at radius 3 is 1.77 bits per heavy atom. The summed E-state index contributed by atoms with van der Waals surface area (Å²) in [5, 5.41) is 23.5. The first-order valence-electron chi connectivity index (χ1n) is 8.47. The summed E-state index contributed by atoms with van der Waals surface area (Å²) in [6.07, 6.45) is -2.12. The quantitative estimate of drug-likeness (QED) is 0.129. The molecule has 0 aliphatic rings. The zero-order chi connectivity index (χ0) is 23.4. The molecule has 3 atom stereocenters. The van der Waals surface area contributed by atoms with Gasteiger partial charge in [0.1, 0.15) is 18.6 Å². The standard InChI is InChI=1S/C15H24N6O9/c16-6(3-11(24)25)13(28)20-7(1-2-9(17)22)15(30)21-8(4-10(18)23)14(29)19-5-12(26)27/h6-8H,1-5,16H2,(H2,17,22)(H2,18,23)(H,19,29)(H,20,28)(H,21,30)(H,24,25)(H,26,27). The van der Waals surface area contributed by atoms with Crippen molar-refractivity contribution in [2.24, 2.45) is 17.2 Å². The minimum atomic E-state index is -1.57. The van der Waals surface area contributed by atoms with Crippen LogP contribution in [-0.2, 0) is 33.6 Å². The lowest BCUT2D eigenvalue weighted by molar-refractivity contribution is -0.139. The fraction of sp³-hybridized carbons (Fsp3) is 0.533. The molecule has 0 aromatic heterocycles. The number of nitrogens with two attached hydrogens (primary N) is 3. The van der Waals surface area contributed by atoms with Crippen molar-refractivity contribution in [1.29, 1.82) is 0 Å². The van der Waals surface area contributed by atoms with Gasteiger partial charge in [-0.25, -0.2) is 0 Å². The molecular formula is C15H24N6O9. The zero-order valence-corrected chi connectivity index (χ0v) is 15.8. The summed E-state index contributed by atoms with van der Waals surface area (Å²) in [4.78, 5) is 79.9. The van der Waals surface area contributed by atoms with Crippen molar-refractivity contribution in [1.82, 2.24) is 16.0 Å². The first-order chi connectivity index (χ1) is 13.8. The highest BCUT2D eigenvalue weighted by molar-refractivity contribution is 5.96. The molecule has 0 aliphatic carbocycles. The highest BCUT2D eigenvalue weighted by atomic mass is 16.4. The van der Waals surface area contributed by atoms with Crippen LogP contribution < -0.4 is 33.2 Å². The molecule has 0 rings (SSSR count). The number of nitrogens with one attached hydrogen (secondary N) is 3. The van der Waals surface area contributed by atoms with Crippen LogP contribution in [-0.4, -0.2) is 76.4 Å². The molecule has 3 unspecified atom stereocenters. The molecule has 168 valence electrons. The third-order valence-electron chi connectivity index (χ3n) is 3.50. The molecule has 11 N–H and O–H groups in total. The Labute approximate surface area is 169 Å². The van der Waals surface area contributed by atoms with Crippen LogP contribution >= 0.6 is 0 Å². The molecule has 0 saturated heterocycles. The summed E-state index contributed by atoms with van der Waals surface area (Å²) in [7, 11) is 0. The first kappa shape index (κ1) is 26.2. The maximum Gasteiger partial charge on any atom is 0.322 e. The first-order valence-corrected chi connectivity index (χ1v) is 8.47. The summed E-state index contributed by atoms with van der Waals surface area (Å²) < 4.78 is 0. The van der Waals surface area contributed by atoms with Gasteiger partial charge in [0.25, 0.3) is 0 Å². The largest absolute Gasteiger partial charge is 0.481 e. The Kier molecular flexibility index (Phi) is 11.1. The van der Waals surface area contributed by atoms with Crippen LogP contribution in [0.2, 0.25) is 0 Å². The van der Waals surface area contributed by atoms with Crippen molar-refractivity contribution in [2.45, 2.75) is 43.8 Å². The molecule has 0 aromatic carbocycles. The molecule has 30 heavy (non-hydrogen) atoms. The van der Waals surface area contributed by atoms with E-state index in [4.69, 9.17) is 27.4 Å². The Morgan fingerprint density at radius 1 is 0.733 bits per heavy atom. The van der Waals surface area contributed by atoms with Gasteiger partial charge in [-0.3, -0.25) is 33.6 Å². The fourth-order valence-electron chi connectivity index (χ4n) is 2.08. The van der Waals surface area contributed by atoms with E-state index in [0.717, 1.165) is 0 Å². The van der Waals surface area contributed by atoms with Crippen LogP contribution in [0.4, 0.5) is 0 Å². The summed E-state index contributed by atoms with van der Waals surface area (Å²) in [6, 6.07) is -4.55. The van der Waals surface area contributed by atoms with Crippen LogP contribution in [0.1, 0.15) is 25.7 Å². The van der Waals surface area contributed by atoms with Crippen LogP contribution in [0.5, 0.6) is 0 Å². The third-order valence-corrected chi connectivity index (χ3v) is 3.50. The van der Waals surface area contributed by atoms with Crippen LogP contribution in [0.15, 0.2) is 0 Å². The topological polar surface area (TPSA) is 274 Å². The predicted octanol–water partition coefficient (Wildman–Crippen LogP) is -4.90. The molecule has 5 amide bonds. The molecule has 0 aliphatic heterocycles. The number of carbonyl (C=O) groups is 7. The molecule has 0 saturated carbocycles. The Morgan fingerprint density at radius 2 is 1.30 bits per heavy atom. The molecule has 0 radical (unpaired) electrons. The lowest BCUT2D eigenvalue weighted by Gasteiger charge is -2.23. The van der Waals surface area contributed by atoms with Gasteiger partial charge in [-0.15, -0.1) is 0 Å². The van der Waals surface area contributed by atoms with Crippen molar-refractivity contribution < 1.29 is 43.8 Å². The fourth-order valence-corrected chi connectivity index (χ4v) is 2.08. The van der Waals surface area contributed by atoms with Gasteiger partial charge in [0.2, 0.25) is 29.5 Å². The second kappa shape index (κ2) is 12.7. The third kappa shape index (κ3) is 11.2. The number of primary amides is 2. The molecule has 15 heteroatoms. The Hall–Kier alpha value is -3.75. The van der Waals surface area contributed by atoms with Gasteiger partial charge in [-0.05, 0) is 6.42 Å². The molecule has 0 heterocycles. The van der Waals surface area contributed by atoms with E-state index in [1.54, 1.807) is 0 Å². The number of amides is 5. The molecule has 0 fully saturated rings. The molecule has 0 bridgehead atoms. The minimum Gasteiger partial charge on any atom is -0.481 e. The van der Waals surface area contributed by atoms with Crippen LogP contribution in [0, 0.1) is 0 Å². The van der Waals surface area contributed by atoms with Crippen molar-refractivity contribution in [3.8, 4) is 0 Å². The van der Waals surface area contributed by atoms with Crippen molar-refractivity contribution in [3.05, 3.63) is 0 Å². The number of rotatable bonds is 14. The minimum absolute atomic E-state index is 0.327. The monoisotopic (exact) mass is 432 g/mol. The van der Waals surface area contributed by atoms with E-state index >= 15 is 0 Å². The SMILES string of the molecule is NC(=O)CCC(NC(=O)C(N)CC(=O)O)C(=O)NC(CC(N)=O)C(=O)NCC(=O)O. The average molecular weight is 432 g/mol. The number of hydrogen-bond acceptors (Lipinski definition) is 8. The van der Waals surface area contributed by atoms with Crippen molar-refractivity contribution in [2.75, 3.05) is 6.54 Å². The number of hydrogen-bond donors (Lipinski definition) is 8. The molecule has 0 aromatic rings. The Bertz CT molecular complexity index is 711. The molecule has 15 nitrogen and oxygen atoms in total. The normalized spacial score (nSPS) is 13.2. The van der Waals surface area contributed by atoms with E-state index in [1.807, 2.05) is 5.32 Å². The van der Waals surface area contributed by atoms with Crippen molar-refractivity contribution in [3.63, 3.8) is 0 Å². The van der Waals surface area contributed by atoms with Gasteiger partial charge in [0.15, 0.2) is 0 Å². The zero-order valence-electron chi connectivity index (χ0n) is 15.8. The maximum absolute atomic E-state index is 12.5. The lowest BCUT2D eigenvalue weighted by Crippen LogP contribution is -2.57. The van der Waals surface area contributed by atoms with E-state index in [1.165, 1.54) is 0 Å². The van der Waals surface area contributed by atoms with Gasteiger partial charge in [0, 0.05) is 6.42 Å². The highest BCUT2D eigenvalue weighted by Crippen LogP contribution is 2.02. The van der Waals surface area contributed by atoms with Crippen molar-refractivity contribution >= 4 is 41.5 Å². The van der Waals surface area contributed by atoms with E-state index < -0.39 is 79.0 Å². The number of carboxylic acids is 2. The lowest BCUT2D eigenvalue weighted by atomic mass is 10.1. The highest BCUT2D eigenvalue weighted by Gasteiger charge is 2.29. The summed E-state index contributed by atoms with van der Waals surface area (Å²) in [6.45, 7) is -0.796. The second-order valence-corrected chi connectivity index (χ2v) is 6.11.